The Morgan fingerprint density at radius 2 is 2.15 bits per heavy atom. The van der Waals surface area contributed by atoms with Gasteiger partial charge in [-0.2, -0.15) is 0 Å². The molecule has 3 unspecified atom stereocenters. The Bertz CT molecular complexity index is 928. The molecular formula is C19H22N6O2. The highest BCUT2D eigenvalue weighted by molar-refractivity contribution is 5.83. The fourth-order valence-corrected chi connectivity index (χ4v) is 4.56. The summed E-state index contributed by atoms with van der Waals surface area (Å²) in [6.45, 7) is 0.919. The van der Waals surface area contributed by atoms with Crippen LogP contribution in [0.25, 0.3) is 11.5 Å². The van der Waals surface area contributed by atoms with Gasteiger partial charge in [0, 0.05) is 30.3 Å². The van der Waals surface area contributed by atoms with E-state index in [1.807, 2.05) is 23.1 Å². The Kier molecular flexibility index (Phi) is 4.02. The first-order valence-corrected chi connectivity index (χ1v) is 9.54. The number of aromatic nitrogens is 3. The average molecular weight is 366 g/mol. The standard InChI is InChI=1S/C19H22N6O2/c26-18-12-7-9-25(19(27)16-11-4-3-6-13(11)23-24-16)10-15(12)21-17(22-18)14-5-1-2-8-20-14/h1-2,5,8,11,13,16,23-24H,3-4,6-7,9-10H2,(H,21,22,26). The van der Waals surface area contributed by atoms with Gasteiger partial charge in [0.05, 0.1) is 12.2 Å². The molecule has 8 nitrogen and oxygen atoms in total. The van der Waals surface area contributed by atoms with Crippen LogP contribution in [0.1, 0.15) is 30.5 Å². The van der Waals surface area contributed by atoms with E-state index in [4.69, 9.17) is 0 Å². The van der Waals surface area contributed by atoms with Gasteiger partial charge in [-0.3, -0.25) is 20.0 Å². The number of H-pyrrole nitrogens is 1. The molecule has 0 bridgehead atoms. The number of fused-ring (bicyclic) bond motifs is 2. The highest BCUT2D eigenvalue weighted by atomic mass is 16.2. The molecule has 3 N–H and O–H groups in total. The van der Waals surface area contributed by atoms with Crippen LogP contribution in [0, 0.1) is 5.92 Å². The predicted molar refractivity (Wildman–Crippen MR) is 98.4 cm³/mol. The maximum atomic E-state index is 13.1. The van der Waals surface area contributed by atoms with Crippen molar-refractivity contribution in [1.82, 2.24) is 30.7 Å². The van der Waals surface area contributed by atoms with Crippen LogP contribution in [-0.4, -0.2) is 44.4 Å². The van der Waals surface area contributed by atoms with Crippen LogP contribution in [0.3, 0.4) is 0 Å². The van der Waals surface area contributed by atoms with E-state index >= 15 is 0 Å². The van der Waals surface area contributed by atoms with Crippen molar-refractivity contribution >= 4 is 5.91 Å². The SMILES string of the molecule is O=C(C1NNC2CCCC21)N1CCc2c(nc(-c3ccccn3)[nH]c2=O)C1. The number of carbonyl (C=O) groups is 1. The van der Waals surface area contributed by atoms with Crippen molar-refractivity contribution in [2.75, 3.05) is 6.54 Å². The Morgan fingerprint density at radius 1 is 1.22 bits per heavy atom. The normalized spacial score (nSPS) is 26.7. The third-order valence-corrected chi connectivity index (χ3v) is 5.98. The molecule has 3 aliphatic rings. The van der Waals surface area contributed by atoms with Gasteiger partial charge in [0.15, 0.2) is 5.82 Å². The van der Waals surface area contributed by atoms with Crippen molar-refractivity contribution in [2.45, 2.75) is 44.3 Å². The van der Waals surface area contributed by atoms with Crippen molar-refractivity contribution in [3.05, 3.63) is 46.0 Å². The van der Waals surface area contributed by atoms with Gasteiger partial charge >= 0.3 is 0 Å². The van der Waals surface area contributed by atoms with Crippen molar-refractivity contribution in [3.8, 4) is 11.5 Å². The van der Waals surface area contributed by atoms with Crippen molar-refractivity contribution in [2.24, 2.45) is 5.92 Å². The quantitative estimate of drug-likeness (QED) is 0.709. The summed E-state index contributed by atoms with van der Waals surface area (Å²) in [5.74, 6) is 0.907. The van der Waals surface area contributed by atoms with E-state index in [-0.39, 0.29) is 17.5 Å². The number of pyridine rings is 1. The summed E-state index contributed by atoms with van der Waals surface area (Å²) in [5.41, 5.74) is 8.30. The van der Waals surface area contributed by atoms with Gasteiger partial charge in [-0.25, -0.2) is 10.4 Å². The Hall–Kier alpha value is -2.58. The minimum atomic E-state index is -0.184. The lowest BCUT2D eigenvalue weighted by Gasteiger charge is -2.31. The second-order valence-corrected chi connectivity index (χ2v) is 7.53. The highest BCUT2D eigenvalue weighted by Gasteiger charge is 2.44. The second-order valence-electron chi connectivity index (χ2n) is 7.53. The van der Waals surface area contributed by atoms with E-state index in [0.29, 0.717) is 54.2 Å². The number of hydrogen-bond donors (Lipinski definition) is 3. The molecule has 8 heteroatoms. The fraction of sp³-hybridized carbons (Fsp3) is 0.474. The number of hydrogen-bond acceptors (Lipinski definition) is 6. The third kappa shape index (κ3) is 2.85. The monoisotopic (exact) mass is 366 g/mol. The molecule has 140 valence electrons. The molecule has 2 aliphatic heterocycles. The number of aromatic amines is 1. The van der Waals surface area contributed by atoms with Gasteiger partial charge in [0.25, 0.3) is 5.56 Å². The topological polar surface area (TPSA) is 103 Å². The molecule has 1 saturated heterocycles. The molecular weight excluding hydrogens is 344 g/mol. The minimum absolute atomic E-state index is 0.101. The summed E-state index contributed by atoms with van der Waals surface area (Å²) in [7, 11) is 0. The number of carbonyl (C=O) groups excluding carboxylic acids is 1. The van der Waals surface area contributed by atoms with E-state index in [2.05, 4.69) is 25.8 Å². The molecule has 2 aromatic heterocycles. The summed E-state index contributed by atoms with van der Waals surface area (Å²) >= 11 is 0. The molecule has 3 atom stereocenters. The number of rotatable bonds is 2. The Balaban J connectivity index is 1.41. The van der Waals surface area contributed by atoms with Gasteiger partial charge in [-0.05, 0) is 31.4 Å². The smallest absolute Gasteiger partial charge is 0.254 e. The van der Waals surface area contributed by atoms with Crippen molar-refractivity contribution in [1.29, 1.82) is 0 Å². The predicted octanol–water partition coefficient (Wildman–Crippen LogP) is 0.362. The number of hydrazine groups is 1. The summed E-state index contributed by atoms with van der Waals surface area (Å²) in [6, 6.07) is 5.70. The van der Waals surface area contributed by atoms with Gasteiger partial charge in [0.1, 0.15) is 11.7 Å². The largest absolute Gasteiger partial charge is 0.335 e. The van der Waals surface area contributed by atoms with Gasteiger partial charge in [0.2, 0.25) is 5.91 Å². The first-order valence-electron chi connectivity index (χ1n) is 9.54. The maximum Gasteiger partial charge on any atom is 0.254 e. The van der Waals surface area contributed by atoms with Gasteiger partial charge < -0.3 is 9.88 Å². The molecule has 1 aliphatic carbocycles. The lowest BCUT2D eigenvalue weighted by Crippen LogP contribution is -2.50. The first kappa shape index (κ1) is 16.6. The van der Waals surface area contributed by atoms with Crippen LogP contribution < -0.4 is 16.4 Å². The molecule has 0 radical (unpaired) electrons. The van der Waals surface area contributed by atoms with Crippen LogP contribution in [0.4, 0.5) is 0 Å². The molecule has 2 fully saturated rings. The van der Waals surface area contributed by atoms with E-state index < -0.39 is 0 Å². The second kappa shape index (κ2) is 6.54. The number of nitrogens with one attached hydrogen (secondary N) is 3. The van der Waals surface area contributed by atoms with Crippen LogP contribution in [0.15, 0.2) is 29.2 Å². The minimum Gasteiger partial charge on any atom is -0.335 e. The number of nitrogens with zero attached hydrogens (tertiary/aromatic N) is 3. The zero-order chi connectivity index (χ0) is 18.4. The van der Waals surface area contributed by atoms with E-state index in [1.165, 1.54) is 6.42 Å². The molecule has 1 amide bonds. The first-order chi connectivity index (χ1) is 13.2. The highest BCUT2D eigenvalue weighted by Crippen LogP contribution is 2.32. The van der Waals surface area contributed by atoms with Crippen LogP contribution >= 0.6 is 0 Å². The molecule has 1 saturated carbocycles. The van der Waals surface area contributed by atoms with E-state index in [0.717, 1.165) is 12.8 Å². The fourth-order valence-electron chi connectivity index (χ4n) is 4.56. The Morgan fingerprint density at radius 3 is 3.00 bits per heavy atom. The summed E-state index contributed by atoms with van der Waals surface area (Å²) in [4.78, 5) is 39.1. The number of amides is 1. The van der Waals surface area contributed by atoms with Crippen LogP contribution in [0.5, 0.6) is 0 Å². The maximum absolute atomic E-state index is 13.1. The molecule has 0 aromatic carbocycles. The molecule has 4 heterocycles. The lowest BCUT2D eigenvalue weighted by atomic mass is 9.95. The van der Waals surface area contributed by atoms with Crippen molar-refractivity contribution in [3.63, 3.8) is 0 Å². The Labute approximate surface area is 156 Å². The third-order valence-electron chi connectivity index (χ3n) is 5.98. The molecule has 5 rings (SSSR count). The molecule has 2 aromatic rings. The lowest BCUT2D eigenvalue weighted by molar-refractivity contribution is -0.135. The van der Waals surface area contributed by atoms with Crippen LogP contribution in [0.2, 0.25) is 0 Å². The average Bonchev–Trinajstić information content (AvgIpc) is 3.31. The summed E-state index contributed by atoms with van der Waals surface area (Å²) < 4.78 is 0. The van der Waals surface area contributed by atoms with E-state index in [9.17, 15) is 9.59 Å². The zero-order valence-corrected chi connectivity index (χ0v) is 14.9. The van der Waals surface area contributed by atoms with E-state index in [1.54, 1.807) is 6.20 Å². The summed E-state index contributed by atoms with van der Waals surface area (Å²) in [5, 5.41) is 0. The molecule has 0 spiro atoms. The van der Waals surface area contributed by atoms with Crippen LogP contribution in [-0.2, 0) is 17.8 Å². The molecule has 27 heavy (non-hydrogen) atoms. The zero-order valence-electron chi connectivity index (χ0n) is 14.9. The van der Waals surface area contributed by atoms with Crippen molar-refractivity contribution < 1.29 is 4.79 Å². The summed E-state index contributed by atoms with van der Waals surface area (Å²) in [6.07, 6.45) is 5.56. The van der Waals surface area contributed by atoms with Gasteiger partial charge in [-0.15, -0.1) is 0 Å². The van der Waals surface area contributed by atoms with Gasteiger partial charge in [-0.1, -0.05) is 12.5 Å².